The summed E-state index contributed by atoms with van der Waals surface area (Å²) in [5.74, 6) is 2.62. The van der Waals surface area contributed by atoms with Crippen LogP contribution in [0.4, 0.5) is 19.2 Å². The number of pyridine rings is 3. The number of nitrogens with one attached hydrogen (secondary N) is 1. The molecule has 0 bridgehead atoms. The van der Waals surface area contributed by atoms with Gasteiger partial charge in [-0.05, 0) is 174 Å². The molecule has 3 N–H and O–H groups in total. The van der Waals surface area contributed by atoms with E-state index in [2.05, 4.69) is 234 Å². The number of ether oxygens (including phenoxy) is 5. The molecule has 0 aliphatic carbocycles. The normalized spacial score (nSPS) is 14.0. The monoisotopic (exact) mass is 1840 g/mol. The Hall–Kier alpha value is -13.5. The first-order valence-electron chi connectivity index (χ1n) is 42.5. The molecule has 3 aromatic heterocycles. The molecule has 30 heteroatoms. The summed E-state index contributed by atoms with van der Waals surface area (Å²) < 4.78 is 39.5. The maximum Gasteiger partial charge on any atom is 0.453 e. The molecule has 0 unspecified atom stereocenters. The number of esters is 1. The van der Waals surface area contributed by atoms with Gasteiger partial charge in [0.1, 0.15) is 57.0 Å². The number of carbonyl (C=O) groups is 7. The van der Waals surface area contributed by atoms with E-state index in [-0.39, 0.29) is 40.4 Å². The lowest BCUT2D eigenvalue weighted by atomic mass is 10.1. The van der Waals surface area contributed by atoms with Crippen LogP contribution in [0.2, 0.25) is 10.1 Å². The molecule has 12 rings (SSSR count). The van der Waals surface area contributed by atoms with Crippen LogP contribution in [-0.4, -0.2) is 160 Å². The highest BCUT2D eigenvalue weighted by molar-refractivity contribution is 7.79. The zero-order valence-corrected chi connectivity index (χ0v) is 80.8. The molecule has 5 amide bonds. The molecule has 2 aliphatic rings. The number of nitrogens with zero attached hydrogens (tertiary/aromatic N) is 8. The Labute approximate surface area is 777 Å². The topological polar surface area (TPSA) is 346 Å². The predicted octanol–water partition coefficient (Wildman–Crippen LogP) is 17.1. The van der Waals surface area contributed by atoms with E-state index in [0.717, 1.165) is 10.4 Å². The minimum atomic E-state index is -2.86. The lowest BCUT2D eigenvalue weighted by Crippen LogP contribution is -2.67. The van der Waals surface area contributed by atoms with Crippen molar-refractivity contribution in [2.24, 2.45) is 20.5 Å². The number of azo groups is 1. The van der Waals surface area contributed by atoms with Gasteiger partial charge in [0.05, 0.1) is 13.2 Å². The van der Waals surface area contributed by atoms with Gasteiger partial charge in [-0.15, -0.1) is 17.9 Å². The largest absolute Gasteiger partial charge is 0.477 e. The van der Waals surface area contributed by atoms with E-state index in [1.165, 1.54) is 50.8 Å². The van der Waals surface area contributed by atoms with Crippen molar-refractivity contribution in [1.29, 1.82) is 0 Å². The lowest BCUT2D eigenvalue weighted by molar-refractivity contribution is -0.0554. The molecular weight excluding hydrogens is 1730 g/mol. The second-order valence-corrected chi connectivity index (χ2v) is 46.5. The summed E-state index contributed by atoms with van der Waals surface area (Å²) in [6.45, 7) is 33.5. The fourth-order valence-corrected chi connectivity index (χ4v) is 24.6. The maximum absolute atomic E-state index is 13.0. The van der Waals surface area contributed by atoms with Crippen LogP contribution < -0.4 is 42.1 Å². The van der Waals surface area contributed by atoms with Crippen molar-refractivity contribution >= 4 is 115 Å². The summed E-state index contributed by atoms with van der Waals surface area (Å²) >= 11 is 0. The van der Waals surface area contributed by atoms with Crippen LogP contribution in [0.15, 0.2) is 306 Å². The molecule has 692 valence electrons. The summed E-state index contributed by atoms with van der Waals surface area (Å²) in [7, 11) is -5.99. The minimum absolute atomic E-state index is 0.0283. The van der Waals surface area contributed by atoms with Crippen molar-refractivity contribution in [3.8, 4) is 24.7 Å². The average molecular weight is 1850 g/mol. The molecule has 0 spiro atoms. The minimum Gasteiger partial charge on any atom is -0.477 e. The lowest BCUT2D eigenvalue weighted by Gasteiger charge is -2.43. The zero-order valence-electron chi connectivity index (χ0n) is 77.9. The highest BCUT2D eigenvalue weighted by atomic mass is 31.1. The van der Waals surface area contributed by atoms with Crippen LogP contribution >= 0.6 is 7.92 Å². The number of rotatable bonds is 19. The third-order valence-electron chi connectivity index (χ3n) is 18.7. The van der Waals surface area contributed by atoms with E-state index < -0.39 is 114 Å². The number of benzene rings is 7. The molecule has 4 atom stereocenters. The number of amides is 5. The summed E-state index contributed by atoms with van der Waals surface area (Å²) in [6, 6.07) is 88.1. The number of hydrogen-bond acceptors (Lipinski definition) is 22. The summed E-state index contributed by atoms with van der Waals surface area (Å²) in [5, 5.41) is 41.9. The van der Waals surface area contributed by atoms with Crippen molar-refractivity contribution < 1.29 is 86.0 Å². The highest BCUT2D eigenvalue weighted by Crippen LogP contribution is 2.40. The van der Waals surface area contributed by atoms with Gasteiger partial charge in [0, 0.05) is 31.4 Å². The number of terminal acetylenes is 2. The number of carbonyl (C=O) groups excluding carboxylic acids is 6. The van der Waals surface area contributed by atoms with Crippen LogP contribution in [0.5, 0.6) is 0 Å². The van der Waals surface area contributed by atoms with E-state index in [0.29, 0.717) is 29.3 Å². The van der Waals surface area contributed by atoms with Gasteiger partial charge >= 0.3 is 42.2 Å². The second kappa shape index (κ2) is 49.5. The number of aliphatic hydroxyl groups excluding tert-OH is 1. The summed E-state index contributed by atoms with van der Waals surface area (Å²) in [4.78, 5) is 104. The molecule has 0 saturated carbocycles. The Morgan fingerprint density at radius 2 is 0.758 bits per heavy atom. The van der Waals surface area contributed by atoms with Crippen LogP contribution in [0, 0.1) is 24.7 Å². The number of hydrogen-bond donors (Lipinski definition) is 3. The number of carboxylic acid groups (broad SMARTS) is 1. The molecule has 0 radical (unpaired) electrons. The van der Waals surface area contributed by atoms with Gasteiger partial charge in [-0.2, -0.15) is 0 Å². The van der Waals surface area contributed by atoms with Crippen LogP contribution in [0.25, 0.3) is 0 Å². The Morgan fingerprint density at radius 1 is 0.439 bits per heavy atom. The third-order valence-corrected chi connectivity index (χ3v) is 31.1. The summed E-state index contributed by atoms with van der Waals surface area (Å²) in [5.41, 5.74) is 0.395. The fourth-order valence-electron chi connectivity index (χ4n) is 13.1. The number of aromatic carboxylic acids is 1. The first-order chi connectivity index (χ1) is 62.4. The molecule has 2 aliphatic heterocycles. The van der Waals surface area contributed by atoms with Gasteiger partial charge in [-0.1, -0.05) is 304 Å². The van der Waals surface area contributed by atoms with Gasteiger partial charge in [-0.25, -0.2) is 44.2 Å². The fraction of sp³-hybridized carbons (Fsp3) is 0.314. The van der Waals surface area contributed by atoms with Gasteiger partial charge in [0.25, 0.3) is 16.6 Å². The van der Waals surface area contributed by atoms with E-state index >= 15 is 0 Å². The van der Waals surface area contributed by atoms with Crippen LogP contribution in [-0.2, 0) is 42.2 Å². The first kappa shape index (κ1) is 106. The standard InChI is InChI=1S/C29H30N2O4Si.C23H27NO3Si.C18H15P.C16H23N3O5.C10H18N2O4.C6H5NO2/c1-5-22-20-26(35-31-22)27(34-28(32)25-18-12-13-19-30-25)21-33-36(29(2,3)4,23-14-8-6-9-15-23)24-16-10-7-11-17-24;1-5-18-16-22(27-24-18)21(25)17-26-28(23(2,3)4,19-12-8-6-9-13-19)20-14-10-7-11-15-20;1-4-10-16(11-5-1)19(17-12-6-2-7-13-17)18-14-8-3-9-15-18;1-15(2,3)23-13(21)18-19(14(22)24-16(4,5)6)12(20)11-9-7-8-10-17-11;1-9(2,3)15-7(13)11-12-8(14)16-10(4,5)6;8-6(9)5-3-1-2-4-7-5/h1,6-19,26-27H,20-21H2,2-4H3;1,6-15,21-22,25H,16-17H2,2-4H3;1-15H;7-10H,1-6H3,(H,18,21);1-6H3;1-4H,(H,8,9)/t26-,27+;21-,22-;;;;/m00..../s1. The molecule has 7 aromatic carbocycles. The Kier molecular flexibility index (Phi) is 39.6. The molecular formula is C102H118N9O18PSi2. The molecule has 27 nitrogen and oxygen atoms in total. The van der Waals surface area contributed by atoms with Gasteiger partial charge in [0.15, 0.2) is 18.3 Å². The van der Waals surface area contributed by atoms with Crippen molar-refractivity contribution in [3.63, 3.8) is 0 Å². The van der Waals surface area contributed by atoms with Crippen LogP contribution in [0.1, 0.15) is 169 Å². The van der Waals surface area contributed by atoms with E-state index in [1.54, 1.807) is 132 Å². The van der Waals surface area contributed by atoms with Crippen molar-refractivity contribution in [3.05, 3.63) is 303 Å². The predicted molar refractivity (Wildman–Crippen MR) is 518 cm³/mol. The highest BCUT2D eigenvalue weighted by Gasteiger charge is 2.53. The number of aromatic nitrogens is 3. The average Bonchev–Trinajstić information content (AvgIpc) is 0.790. The van der Waals surface area contributed by atoms with Crippen molar-refractivity contribution in [1.82, 2.24) is 25.4 Å². The Balaban J connectivity index is 0.000000225. The number of hydrazine groups is 1. The number of carboxylic acids is 1. The first-order valence-corrected chi connectivity index (χ1v) is 47.7. The number of oxime groups is 2. The number of imide groups is 1. The van der Waals surface area contributed by atoms with Crippen LogP contribution in [0.3, 0.4) is 0 Å². The zero-order chi connectivity index (χ0) is 96.9. The third kappa shape index (κ3) is 33.5. The van der Waals surface area contributed by atoms with E-state index in [4.69, 9.17) is 60.2 Å². The van der Waals surface area contributed by atoms with E-state index in [9.17, 15) is 38.7 Å². The second-order valence-electron chi connectivity index (χ2n) is 35.7. The Morgan fingerprint density at radius 3 is 1.07 bits per heavy atom. The quantitative estimate of drug-likeness (QED) is 0.0129. The number of aliphatic hydroxyl groups is 1. The molecule has 5 heterocycles. The van der Waals surface area contributed by atoms with E-state index in [1.807, 2.05) is 72.8 Å². The molecule has 10 aromatic rings. The van der Waals surface area contributed by atoms with Gasteiger partial charge in [-0.3, -0.25) is 9.78 Å². The smallest absolute Gasteiger partial charge is 0.453 e. The molecule has 132 heavy (non-hydrogen) atoms. The Bertz CT molecular complexity index is 5300. The summed E-state index contributed by atoms with van der Waals surface area (Å²) in [6.07, 6.45) is 9.70. The maximum atomic E-state index is 13.0. The van der Waals surface area contributed by atoms with Gasteiger partial charge in [0.2, 0.25) is 0 Å². The van der Waals surface area contributed by atoms with Crippen molar-refractivity contribution in [2.75, 3.05) is 13.2 Å². The molecule has 0 saturated heterocycles. The SMILES string of the molecule is C#CC1=NO[C@H]([C@@H](CO[Si](c2ccccc2)(c2ccccc2)C(C)(C)C)OC(=O)c2ccccn2)C1.C#CC1=NO[C@H]([C@@H](O)CO[Si](c2ccccc2)(c2ccccc2)C(C)(C)C)C1.CC(C)(C)OC(=O)N=NC(=O)OC(C)(C)C.CC(C)(C)OC(=O)NN(C(=O)OC(C)(C)C)C(=O)c1ccccn1.O=C(O)c1ccccn1.c1ccc(P(c2ccccc2)c2ccccc2)cc1. The van der Waals surface area contributed by atoms with Gasteiger partial charge < -0.3 is 52.4 Å². The molecule has 0 fully saturated rings. The van der Waals surface area contributed by atoms with Crippen molar-refractivity contribution in [2.45, 2.75) is 194 Å².